The van der Waals surface area contributed by atoms with Crippen LogP contribution < -0.4 is 11.5 Å². The highest BCUT2D eigenvalue weighted by molar-refractivity contribution is 6.20. The van der Waals surface area contributed by atoms with Crippen molar-refractivity contribution in [3.63, 3.8) is 0 Å². The first-order chi connectivity index (χ1) is 11.3. The fraction of sp³-hybridized carbons (Fsp3) is 0.118. The van der Waals surface area contributed by atoms with Gasteiger partial charge in [-0.3, -0.25) is 4.79 Å². The average Bonchev–Trinajstić information content (AvgIpc) is 2.60. The summed E-state index contributed by atoms with van der Waals surface area (Å²) in [7, 11) is 0. The molecular weight excluding hydrogens is 312 g/mol. The van der Waals surface area contributed by atoms with E-state index < -0.39 is 28.8 Å². The molecule has 0 saturated carbocycles. The van der Waals surface area contributed by atoms with Crippen LogP contribution in [0.1, 0.15) is 11.1 Å². The molecule has 2 unspecified atom stereocenters. The van der Waals surface area contributed by atoms with Crippen LogP contribution in [0.25, 0.3) is 0 Å². The lowest BCUT2D eigenvalue weighted by Gasteiger charge is -2.32. The Labute approximate surface area is 137 Å². The van der Waals surface area contributed by atoms with Crippen LogP contribution in [0.15, 0.2) is 60.7 Å². The number of benzene rings is 2. The highest BCUT2D eigenvalue weighted by Crippen LogP contribution is 2.30. The Kier molecular flexibility index (Phi) is 4.50. The summed E-state index contributed by atoms with van der Waals surface area (Å²) < 4.78 is 0. The molecule has 2 atom stereocenters. The first kappa shape index (κ1) is 17.3. The van der Waals surface area contributed by atoms with E-state index in [1.54, 1.807) is 12.1 Å². The van der Waals surface area contributed by atoms with E-state index in [1.807, 2.05) is 0 Å². The van der Waals surface area contributed by atoms with Crippen LogP contribution in [-0.4, -0.2) is 27.9 Å². The second-order valence-corrected chi connectivity index (χ2v) is 5.29. The smallest absolute Gasteiger partial charge is 0.336 e. The molecular formula is C17H16N2O5. The number of carboxylic acid groups (broad SMARTS) is 2. The van der Waals surface area contributed by atoms with Crippen molar-refractivity contribution < 1.29 is 24.6 Å². The van der Waals surface area contributed by atoms with E-state index in [4.69, 9.17) is 11.5 Å². The van der Waals surface area contributed by atoms with E-state index >= 15 is 0 Å². The van der Waals surface area contributed by atoms with Gasteiger partial charge >= 0.3 is 11.9 Å². The number of nitrogens with two attached hydrogens (primary N) is 2. The van der Waals surface area contributed by atoms with Crippen molar-refractivity contribution in [1.82, 2.24) is 0 Å². The van der Waals surface area contributed by atoms with E-state index in [-0.39, 0.29) is 11.1 Å². The van der Waals surface area contributed by atoms with Gasteiger partial charge in [0.15, 0.2) is 0 Å². The van der Waals surface area contributed by atoms with Crippen LogP contribution in [0.4, 0.5) is 0 Å². The summed E-state index contributed by atoms with van der Waals surface area (Å²) in [6, 6.07) is 14.5. The lowest BCUT2D eigenvalue weighted by Crippen LogP contribution is -2.65. The van der Waals surface area contributed by atoms with Crippen LogP contribution >= 0.6 is 0 Å². The number of ketones is 1. The molecule has 124 valence electrons. The molecule has 6 N–H and O–H groups in total. The van der Waals surface area contributed by atoms with Crippen molar-refractivity contribution in [3.8, 4) is 0 Å². The number of carbonyl (C=O) groups excluding carboxylic acids is 1. The van der Waals surface area contributed by atoms with Gasteiger partial charge in [0.2, 0.25) is 16.9 Å². The van der Waals surface area contributed by atoms with Crippen LogP contribution in [-0.2, 0) is 25.5 Å². The molecule has 0 bridgehead atoms. The fourth-order valence-electron chi connectivity index (χ4n) is 2.42. The zero-order valence-electron chi connectivity index (χ0n) is 12.5. The highest BCUT2D eigenvalue weighted by Gasteiger charge is 2.57. The standard InChI is InChI=1S/C17H16N2O5/c18-16(14(21)22,11-7-3-1-4-8-11)13(20)17(19,15(23)24)12-9-5-2-6-10-12/h1-10H,18-19H2,(H,21,22)(H,23,24). The molecule has 0 spiro atoms. The predicted molar refractivity (Wildman–Crippen MR) is 84.9 cm³/mol. The minimum absolute atomic E-state index is 0.0606. The molecule has 7 nitrogen and oxygen atoms in total. The Morgan fingerprint density at radius 2 is 0.958 bits per heavy atom. The zero-order valence-corrected chi connectivity index (χ0v) is 12.5. The summed E-state index contributed by atoms with van der Waals surface area (Å²) in [6.07, 6.45) is 0. The third-order valence-corrected chi connectivity index (χ3v) is 3.85. The molecule has 0 amide bonds. The second-order valence-electron chi connectivity index (χ2n) is 5.29. The van der Waals surface area contributed by atoms with Crippen molar-refractivity contribution in [2.45, 2.75) is 11.1 Å². The molecule has 0 aromatic heterocycles. The van der Waals surface area contributed by atoms with Gasteiger partial charge in [0.25, 0.3) is 0 Å². The number of carboxylic acids is 2. The number of carbonyl (C=O) groups is 3. The monoisotopic (exact) mass is 328 g/mol. The third-order valence-electron chi connectivity index (χ3n) is 3.85. The quantitative estimate of drug-likeness (QED) is 0.563. The Balaban J connectivity index is 2.68. The number of hydrogen-bond donors (Lipinski definition) is 4. The van der Waals surface area contributed by atoms with E-state index in [0.717, 1.165) is 0 Å². The molecule has 0 radical (unpaired) electrons. The normalized spacial score (nSPS) is 15.8. The molecule has 0 saturated heterocycles. The number of hydrogen-bond acceptors (Lipinski definition) is 5. The van der Waals surface area contributed by atoms with Gasteiger partial charge in [-0.1, -0.05) is 60.7 Å². The van der Waals surface area contributed by atoms with Crippen LogP contribution in [0.5, 0.6) is 0 Å². The number of Topliss-reactive ketones (excluding diaryl/α,β-unsaturated/α-hetero) is 1. The fourth-order valence-corrected chi connectivity index (χ4v) is 2.42. The van der Waals surface area contributed by atoms with Gasteiger partial charge in [-0.2, -0.15) is 0 Å². The van der Waals surface area contributed by atoms with Gasteiger partial charge in [0, 0.05) is 0 Å². The maximum absolute atomic E-state index is 13.0. The average molecular weight is 328 g/mol. The number of aliphatic carboxylic acids is 2. The van der Waals surface area contributed by atoms with Gasteiger partial charge in [0.05, 0.1) is 0 Å². The van der Waals surface area contributed by atoms with Crippen LogP contribution in [0.3, 0.4) is 0 Å². The van der Waals surface area contributed by atoms with Crippen molar-refractivity contribution >= 4 is 17.7 Å². The Morgan fingerprint density at radius 3 is 1.21 bits per heavy atom. The maximum Gasteiger partial charge on any atom is 0.336 e. The van der Waals surface area contributed by atoms with Crippen molar-refractivity contribution in [1.29, 1.82) is 0 Å². The maximum atomic E-state index is 13.0. The summed E-state index contributed by atoms with van der Waals surface area (Å²) in [5.74, 6) is -4.72. The van der Waals surface area contributed by atoms with Crippen molar-refractivity contribution in [2.24, 2.45) is 11.5 Å². The van der Waals surface area contributed by atoms with Gasteiger partial charge < -0.3 is 21.7 Å². The Hall–Kier alpha value is -3.03. The van der Waals surface area contributed by atoms with Crippen molar-refractivity contribution in [3.05, 3.63) is 71.8 Å². The molecule has 0 aliphatic heterocycles. The van der Waals surface area contributed by atoms with Crippen LogP contribution in [0.2, 0.25) is 0 Å². The summed E-state index contributed by atoms with van der Waals surface area (Å²) in [4.78, 5) is 36.5. The molecule has 0 heterocycles. The van der Waals surface area contributed by atoms with Crippen molar-refractivity contribution in [2.75, 3.05) is 0 Å². The molecule has 0 aliphatic rings. The highest BCUT2D eigenvalue weighted by atomic mass is 16.4. The minimum Gasteiger partial charge on any atom is -0.479 e. The molecule has 2 aromatic carbocycles. The zero-order chi connectivity index (χ0) is 18.0. The molecule has 2 rings (SSSR count). The predicted octanol–water partition coefficient (Wildman–Crippen LogP) is 0.433. The largest absolute Gasteiger partial charge is 0.479 e. The number of rotatable bonds is 6. The van der Waals surface area contributed by atoms with Gasteiger partial charge in [-0.25, -0.2) is 9.59 Å². The molecule has 0 fully saturated rings. The summed E-state index contributed by atoms with van der Waals surface area (Å²) in [5.41, 5.74) is 6.41. The van der Waals surface area contributed by atoms with Crippen LogP contribution in [0, 0.1) is 0 Å². The topological polar surface area (TPSA) is 144 Å². The van der Waals surface area contributed by atoms with Gasteiger partial charge in [-0.05, 0) is 11.1 Å². The summed E-state index contributed by atoms with van der Waals surface area (Å²) in [6.45, 7) is 0. The minimum atomic E-state index is -2.61. The molecule has 2 aromatic rings. The van der Waals surface area contributed by atoms with E-state index in [0.29, 0.717) is 0 Å². The summed E-state index contributed by atoms with van der Waals surface area (Å²) >= 11 is 0. The Morgan fingerprint density at radius 1 is 0.667 bits per heavy atom. The molecule has 24 heavy (non-hydrogen) atoms. The second kappa shape index (κ2) is 6.23. The Bertz CT molecular complexity index is 713. The SMILES string of the molecule is NC(C(=O)O)(C(=O)C(N)(C(=O)O)c1ccccc1)c1ccccc1. The van der Waals surface area contributed by atoms with Gasteiger partial charge in [0.1, 0.15) is 0 Å². The third kappa shape index (κ3) is 2.55. The lowest BCUT2D eigenvalue weighted by molar-refractivity contribution is -0.156. The van der Waals surface area contributed by atoms with E-state index in [9.17, 15) is 24.6 Å². The lowest BCUT2D eigenvalue weighted by atomic mass is 9.74. The van der Waals surface area contributed by atoms with E-state index in [1.165, 1.54) is 48.5 Å². The van der Waals surface area contributed by atoms with Gasteiger partial charge in [-0.15, -0.1) is 0 Å². The molecule has 7 heteroatoms. The molecule has 0 aliphatic carbocycles. The first-order valence-electron chi connectivity index (χ1n) is 6.96. The first-order valence-corrected chi connectivity index (χ1v) is 6.96. The van der Waals surface area contributed by atoms with E-state index in [2.05, 4.69) is 0 Å². The summed E-state index contributed by atoms with van der Waals surface area (Å²) in [5, 5.41) is 19.1.